The molecule has 21 heavy (non-hydrogen) atoms. The van der Waals surface area contributed by atoms with E-state index in [1.807, 2.05) is 30.4 Å². The van der Waals surface area contributed by atoms with E-state index in [0.717, 1.165) is 5.56 Å². The number of rotatable bonds is 3. The fourth-order valence-electron chi connectivity index (χ4n) is 2.07. The van der Waals surface area contributed by atoms with Gasteiger partial charge in [0.2, 0.25) is 0 Å². The molecule has 1 aromatic heterocycles. The molecule has 0 aliphatic rings. The monoisotopic (exact) mass is 304 g/mol. The first-order chi connectivity index (χ1) is 9.74. The summed E-state index contributed by atoms with van der Waals surface area (Å²) in [6, 6.07) is 15.4. The number of fused-ring (bicyclic) bond motifs is 1. The van der Waals surface area contributed by atoms with Crippen LogP contribution in [-0.4, -0.2) is 7.11 Å². The van der Waals surface area contributed by atoms with Crippen molar-refractivity contribution in [3.63, 3.8) is 0 Å². The van der Waals surface area contributed by atoms with E-state index in [9.17, 15) is 5.11 Å². The summed E-state index contributed by atoms with van der Waals surface area (Å²) in [6.07, 6.45) is 3.97. The minimum Gasteiger partial charge on any atom is -0.872 e. The van der Waals surface area contributed by atoms with Gasteiger partial charge in [0.15, 0.2) is 0 Å². The van der Waals surface area contributed by atoms with E-state index >= 15 is 0 Å². The fourth-order valence-corrected chi connectivity index (χ4v) is 3.04. The summed E-state index contributed by atoms with van der Waals surface area (Å²) in [6.45, 7) is 0. The molecule has 0 saturated carbocycles. The molecule has 3 rings (SSSR count). The molecule has 4 heteroatoms. The van der Waals surface area contributed by atoms with Gasteiger partial charge in [0.1, 0.15) is 5.75 Å². The molecule has 0 aliphatic heterocycles. The van der Waals surface area contributed by atoms with E-state index in [-0.39, 0.29) is 35.3 Å². The predicted octanol–water partition coefficient (Wildman–Crippen LogP) is 1.16. The van der Waals surface area contributed by atoms with Crippen molar-refractivity contribution in [3.8, 4) is 11.5 Å². The third kappa shape index (κ3) is 3.89. The summed E-state index contributed by atoms with van der Waals surface area (Å²) in [7, 11) is 1.56. The molecular formula is C17H13NaO2S. The van der Waals surface area contributed by atoms with Crippen LogP contribution in [0.15, 0.2) is 48.5 Å². The molecule has 3 aromatic rings. The van der Waals surface area contributed by atoms with E-state index in [0.29, 0.717) is 5.75 Å². The van der Waals surface area contributed by atoms with E-state index in [4.69, 9.17) is 4.74 Å². The van der Waals surface area contributed by atoms with E-state index in [1.165, 1.54) is 21.0 Å². The second kappa shape index (κ2) is 7.14. The number of hydrogen-bond acceptors (Lipinski definition) is 3. The Morgan fingerprint density at radius 2 is 1.86 bits per heavy atom. The largest absolute Gasteiger partial charge is 1.00 e. The Balaban J connectivity index is 0.00000161. The second-order valence-electron chi connectivity index (χ2n) is 4.46. The Labute approximate surface area is 150 Å². The average Bonchev–Trinajstić information content (AvgIpc) is 2.87. The number of ether oxygens (including phenoxy) is 1. The minimum atomic E-state index is -0.0414. The van der Waals surface area contributed by atoms with Crippen molar-refractivity contribution in [2.24, 2.45) is 0 Å². The first kappa shape index (κ1) is 16.1. The van der Waals surface area contributed by atoms with Gasteiger partial charge in [0.05, 0.1) is 7.11 Å². The van der Waals surface area contributed by atoms with E-state index < -0.39 is 0 Å². The van der Waals surface area contributed by atoms with Gasteiger partial charge in [-0.3, -0.25) is 0 Å². The maximum Gasteiger partial charge on any atom is 1.00 e. The van der Waals surface area contributed by atoms with Crippen LogP contribution < -0.4 is 39.4 Å². The van der Waals surface area contributed by atoms with Crippen molar-refractivity contribution >= 4 is 33.6 Å². The Morgan fingerprint density at radius 3 is 2.62 bits per heavy atom. The topological polar surface area (TPSA) is 32.3 Å². The van der Waals surface area contributed by atoms with Crippen LogP contribution in [-0.2, 0) is 0 Å². The molecule has 2 aromatic carbocycles. The molecule has 0 atom stereocenters. The molecule has 0 amide bonds. The maximum atomic E-state index is 11.5. The van der Waals surface area contributed by atoms with Crippen LogP contribution >= 0.6 is 11.3 Å². The molecule has 0 spiro atoms. The van der Waals surface area contributed by atoms with Gasteiger partial charge in [-0.1, -0.05) is 30.3 Å². The van der Waals surface area contributed by atoms with Crippen LogP contribution in [0.5, 0.6) is 11.5 Å². The number of benzene rings is 2. The van der Waals surface area contributed by atoms with Crippen LogP contribution in [0, 0.1) is 0 Å². The molecule has 0 fully saturated rings. The Morgan fingerprint density at radius 1 is 1.05 bits per heavy atom. The third-order valence-electron chi connectivity index (χ3n) is 3.02. The SMILES string of the molecule is COc1cc([O-])cc(/C=C/c2cc3ccccc3s2)c1.[Na+]. The second-order valence-corrected chi connectivity index (χ2v) is 5.58. The molecule has 0 radical (unpaired) electrons. The van der Waals surface area contributed by atoms with Gasteiger partial charge in [-0.25, -0.2) is 0 Å². The fraction of sp³-hybridized carbons (Fsp3) is 0.0588. The molecule has 1 heterocycles. The first-order valence-corrected chi connectivity index (χ1v) is 7.09. The van der Waals surface area contributed by atoms with Gasteiger partial charge in [-0.2, -0.15) is 0 Å². The maximum absolute atomic E-state index is 11.5. The van der Waals surface area contributed by atoms with Gasteiger partial charge in [0, 0.05) is 9.58 Å². The zero-order chi connectivity index (χ0) is 13.9. The minimum absolute atomic E-state index is 0. The van der Waals surface area contributed by atoms with Crippen LogP contribution in [0.3, 0.4) is 0 Å². The first-order valence-electron chi connectivity index (χ1n) is 6.27. The molecule has 0 N–H and O–H groups in total. The summed E-state index contributed by atoms with van der Waals surface area (Å²) in [4.78, 5) is 1.17. The predicted molar refractivity (Wildman–Crippen MR) is 83.2 cm³/mol. The summed E-state index contributed by atoms with van der Waals surface area (Å²) in [5, 5.41) is 12.8. The van der Waals surface area contributed by atoms with Crippen LogP contribution in [0.2, 0.25) is 0 Å². The quantitative estimate of drug-likeness (QED) is 0.680. The van der Waals surface area contributed by atoms with Gasteiger partial charge in [-0.05, 0) is 41.3 Å². The average molecular weight is 304 g/mol. The number of hydrogen-bond donors (Lipinski definition) is 0. The standard InChI is InChI=1S/C17H14O2S.Na/c1-19-15-9-12(8-14(18)11-15)6-7-16-10-13-4-2-3-5-17(13)20-16;/h2-11,18H,1H3;/q;+1/p-1/b7-6+;. The van der Waals surface area contributed by atoms with Crippen LogP contribution in [0.1, 0.15) is 10.4 Å². The van der Waals surface area contributed by atoms with Crippen molar-refractivity contribution in [2.45, 2.75) is 0 Å². The third-order valence-corrected chi connectivity index (χ3v) is 4.10. The summed E-state index contributed by atoms with van der Waals surface area (Å²) >= 11 is 1.73. The van der Waals surface area contributed by atoms with Crippen LogP contribution in [0.4, 0.5) is 0 Å². The van der Waals surface area contributed by atoms with Gasteiger partial charge >= 0.3 is 29.6 Å². The molecule has 0 saturated heterocycles. The van der Waals surface area contributed by atoms with Crippen molar-refractivity contribution < 1.29 is 39.4 Å². The Bertz CT molecular complexity index is 744. The Kier molecular flexibility index (Phi) is 5.48. The molecule has 100 valence electrons. The zero-order valence-corrected chi connectivity index (χ0v) is 14.8. The summed E-state index contributed by atoms with van der Waals surface area (Å²) in [5.41, 5.74) is 0.854. The van der Waals surface area contributed by atoms with Crippen LogP contribution in [0.25, 0.3) is 22.2 Å². The molecular weight excluding hydrogens is 291 g/mol. The van der Waals surface area contributed by atoms with Crippen molar-refractivity contribution in [3.05, 3.63) is 59.0 Å². The van der Waals surface area contributed by atoms with E-state index in [2.05, 4.69) is 18.2 Å². The van der Waals surface area contributed by atoms with Gasteiger partial charge < -0.3 is 9.84 Å². The normalized spacial score (nSPS) is 10.7. The molecule has 0 bridgehead atoms. The van der Waals surface area contributed by atoms with E-state index in [1.54, 1.807) is 24.5 Å². The molecule has 0 unspecified atom stereocenters. The Hall–Kier alpha value is -1.26. The smallest absolute Gasteiger partial charge is 0.872 e. The summed E-state index contributed by atoms with van der Waals surface area (Å²) in [5.74, 6) is 0.550. The molecule has 0 aliphatic carbocycles. The molecule has 2 nitrogen and oxygen atoms in total. The summed E-state index contributed by atoms with van der Waals surface area (Å²) < 4.78 is 6.37. The van der Waals surface area contributed by atoms with Gasteiger partial charge in [-0.15, -0.1) is 17.1 Å². The van der Waals surface area contributed by atoms with Crippen molar-refractivity contribution in [2.75, 3.05) is 7.11 Å². The number of methoxy groups -OCH3 is 1. The van der Waals surface area contributed by atoms with Crippen molar-refractivity contribution in [1.29, 1.82) is 0 Å². The van der Waals surface area contributed by atoms with Crippen molar-refractivity contribution in [1.82, 2.24) is 0 Å². The number of thiophene rings is 1. The van der Waals surface area contributed by atoms with Gasteiger partial charge in [0.25, 0.3) is 0 Å². The zero-order valence-electron chi connectivity index (χ0n) is 12.0.